The Labute approximate surface area is 106 Å². The molecule has 0 heterocycles. The summed E-state index contributed by atoms with van der Waals surface area (Å²) in [6.07, 6.45) is 2.71. The van der Waals surface area contributed by atoms with Crippen LogP contribution in [0, 0.1) is 0 Å². The van der Waals surface area contributed by atoms with Gasteiger partial charge in [-0.1, -0.05) is 19.8 Å². The number of urea groups is 1. The van der Waals surface area contributed by atoms with Crippen molar-refractivity contribution in [1.29, 1.82) is 0 Å². The van der Waals surface area contributed by atoms with Crippen LogP contribution in [0.1, 0.15) is 33.1 Å². The van der Waals surface area contributed by atoms with Crippen LogP contribution in [0.3, 0.4) is 0 Å². The molecule has 0 fully saturated rings. The van der Waals surface area contributed by atoms with E-state index in [1.165, 1.54) is 0 Å². The minimum atomic E-state index is -1.24. The Morgan fingerprint density at radius 1 is 1.17 bits per heavy atom. The van der Waals surface area contributed by atoms with E-state index in [1.807, 2.05) is 6.92 Å². The van der Waals surface area contributed by atoms with Gasteiger partial charge in [0.25, 0.3) is 0 Å². The van der Waals surface area contributed by atoms with Gasteiger partial charge in [0.2, 0.25) is 0 Å². The molecule has 1 atom stereocenters. The van der Waals surface area contributed by atoms with Gasteiger partial charge in [-0.05, 0) is 13.3 Å². The minimum absolute atomic E-state index is 0.109. The van der Waals surface area contributed by atoms with E-state index < -0.39 is 31.1 Å². The number of nitrogens with one attached hydrogen (secondary N) is 1. The summed E-state index contributed by atoms with van der Waals surface area (Å²) in [6, 6.07) is -0.772. The zero-order valence-electron chi connectivity index (χ0n) is 10.7. The van der Waals surface area contributed by atoms with Gasteiger partial charge in [-0.2, -0.15) is 0 Å². The molecule has 0 saturated carbocycles. The quantitative estimate of drug-likeness (QED) is 0.597. The van der Waals surface area contributed by atoms with Crippen LogP contribution in [-0.4, -0.2) is 52.2 Å². The molecule has 0 aliphatic rings. The molecule has 0 aromatic carbocycles. The van der Waals surface area contributed by atoms with Gasteiger partial charge in [0.05, 0.1) is 0 Å². The molecule has 0 aliphatic heterocycles. The molecular weight excluding hydrogens is 240 g/mol. The normalized spacial score (nSPS) is 11.7. The predicted molar refractivity (Wildman–Crippen MR) is 64.4 cm³/mol. The second-order valence-electron chi connectivity index (χ2n) is 4.14. The van der Waals surface area contributed by atoms with Gasteiger partial charge >= 0.3 is 18.0 Å². The number of rotatable bonds is 8. The molecule has 0 aliphatic carbocycles. The van der Waals surface area contributed by atoms with Crippen LogP contribution < -0.4 is 5.32 Å². The van der Waals surface area contributed by atoms with E-state index in [0.717, 1.165) is 24.2 Å². The molecule has 0 aromatic heterocycles. The lowest BCUT2D eigenvalue weighted by Crippen LogP contribution is -2.47. The van der Waals surface area contributed by atoms with Crippen LogP contribution in [-0.2, 0) is 9.59 Å². The van der Waals surface area contributed by atoms with E-state index in [-0.39, 0.29) is 6.04 Å². The fourth-order valence-electron chi connectivity index (χ4n) is 1.41. The van der Waals surface area contributed by atoms with E-state index in [4.69, 9.17) is 10.2 Å². The summed E-state index contributed by atoms with van der Waals surface area (Å²) in [6.45, 7) is 2.57. The Kier molecular flexibility index (Phi) is 7.50. The largest absolute Gasteiger partial charge is 0.480 e. The zero-order chi connectivity index (χ0) is 14.1. The molecule has 0 bridgehead atoms. The first-order chi connectivity index (χ1) is 8.36. The van der Waals surface area contributed by atoms with Crippen LogP contribution in [0.15, 0.2) is 0 Å². The van der Waals surface area contributed by atoms with Crippen molar-refractivity contribution >= 4 is 18.0 Å². The van der Waals surface area contributed by atoms with Gasteiger partial charge in [-0.3, -0.25) is 9.59 Å². The number of nitrogens with zero attached hydrogens (tertiary/aromatic N) is 1. The molecule has 7 nitrogen and oxygen atoms in total. The van der Waals surface area contributed by atoms with Crippen LogP contribution >= 0.6 is 0 Å². The van der Waals surface area contributed by atoms with Crippen molar-refractivity contribution in [2.75, 3.05) is 13.1 Å². The number of carboxylic acids is 2. The van der Waals surface area contributed by atoms with Crippen molar-refractivity contribution in [3.8, 4) is 0 Å². The molecule has 0 saturated heterocycles. The maximum Gasteiger partial charge on any atom is 0.323 e. The highest BCUT2D eigenvalue weighted by Crippen LogP contribution is 2.01. The van der Waals surface area contributed by atoms with Gasteiger partial charge < -0.3 is 20.4 Å². The smallest absolute Gasteiger partial charge is 0.323 e. The molecule has 1 unspecified atom stereocenters. The van der Waals surface area contributed by atoms with E-state index >= 15 is 0 Å². The second kappa shape index (κ2) is 8.32. The summed E-state index contributed by atoms with van der Waals surface area (Å²) in [5, 5.41) is 19.8. The topological polar surface area (TPSA) is 107 Å². The predicted octanol–water partition coefficient (Wildman–Crippen LogP) is 0.746. The molecule has 0 rings (SSSR count). The van der Waals surface area contributed by atoms with Gasteiger partial charge in [0, 0.05) is 6.04 Å². The molecule has 0 radical (unpaired) electrons. The number of hydrogen-bond acceptors (Lipinski definition) is 3. The molecule has 2 amide bonds. The van der Waals surface area contributed by atoms with Crippen molar-refractivity contribution in [3.05, 3.63) is 0 Å². The Morgan fingerprint density at radius 2 is 1.67 bits per heavy atom. The summed E-state index contributed by atoms with van der Waals surface area (Å²) in [5.74, 6) is -2.49. The monoisotopic (exact) mass is 260 g/mol. The zero-order valence-corrected chi connectivity index (χ0v) is 10.7. The number of hydrogen-bond donors (Lipinski definition) is 3. The molecule has 18 heavy (non-hydrogen) atoms. The highest BCUT2D eigenvalue weighted by atomic mass is 16.4. The van der Waals surface area contributed by atoms with Crippen LogP contribution in [0.5, 0.6) is 0 Å². The van der Waals surface area contributed by atoms with Gasteiger partial charge in [0.15, 0.2) is 0 Å². The first kappa shape index (κ1) is 16.2. The second-order valence-corrected chi connectivity index (χ2v) is 4.14. The van der Waals surface area contributed by atoms with Gasteiger partial charge in [-0.15, -0.1) is 0 Å². The first-order valence-corrected chi connectivity index (χ1v) is 5.85. The van der Waals surface area contributed by atoms with Crippen molar-refractivity contribution < 1.29 is 24.6 Å². The lowest BCUT2D eigenvalue weighted by Gasteiger charge is -2.22. The number of carbonyl (C=O) groups excluding carboxylic acids is 1. The Hall–Kier alpha value is -1.79. The Morgan fingerprint density at radius 3 is 2.06 bits per heavy atom. The van der Waals surface area contributed by atoms with Crippen LogP contribution in [0.2, 0.25) is 0 Å². The number of aliphatic carboxylic acids is 2. The van der Waals surface area contributed by atoms with E-state index in [0.29, 0.717) is 0 Å². The third-order valence-electron chi connectivity index (χ3n) is 2.30. The highest BCUT2D eigenvalue weighted by Gasteiger charge is 2.20. The average molecular weight is 260 g/mol. The molecule has 0 spiro atoms. The summed E-state index contributed by atoms with van der Waals surface area (Å²) >= 11 is 0. The first-order valence-electron chi connectivity index (χ1n) is 5.85. The van der Waals surface area contributed by atoms with E-state index in [2.05, 4.69) is 5.32 Å². The lowest BCUT2D eigenvalue weighted by atomic mass is 10.1. The molecule has 104 valence electrons. The van der Waals surface area contributed by atoms with Crippen molar-refractivity contribution in [3.63, 3.8) is 0 Å². The SMILES string of the molecule is CCCCC(C)NC(=O)N(CC(=O)O)CC(=O)O. The average Bonchev–Trinajstić information content (AvgIpc) is 2.24. The molecule has 7 heteroatoms. The van der Waals surface area contributed by atoms with Crippen molar-refractivity contribution in [1.82, 2.24) is 10.2 Å². The fourth-order valence-corrected chi connectivity index (χ4v) is 1.41. The standard InChI is InChI=1S/C11H20N2O5/c1-3-4-5-8(2)12-11(18)13(6-9(14)15)7-10(16)17/h8H,3-7H2,1-2H3,(H,12,18)(H,14,15)(H,16,17). The number of amides is 2. The third-order valence-corrected chi connectivity index (χ3v) is 2.30. The van der Waals surface area contributed by atoms with E-state index in [9.17, 15) is 14.4 Å². The number of unbranched alkanes of at least 4 members (excludes halogenated alkanes) is 1. The summed E-state index contributed by atoms with van der Waals surface area (Å²) in [7, 11) is 0. The van der Waals surface area contributed by atoms with Crippen LogP contribution in [0.4, 0.5) is 4.79 Å². The van der Waals surface area contributed by atoms with Crippen molar-refractivity contribution in [2.45, 2.75) is 39.2 Å². The van der Waals surface area contributed by atoms with Gasteiger partial charge in [-0.25, -0.2) is 4.79 Å². The van der Waals surface area contributed by atoms with E-state index in [1.54, 1.807) is 6.92 Å². The van der Waals surface area contributed by atoms with Crippen molar-refractivity contribution in [2.24, 2.45) is 0 Å². The van der Waals surface area contributed by atoms with Gasteiger partial charge in [0.1, 0.15) is 13.1 Å². The molecule has 3 N–H and O–H groups in total. The number of carboxylic acid groups (broad SMARTS) is 2. The molecular formula is C11H20N2O5. The summed E-state index contributed by atoms with van der Waals surface area (Å²) in [4.78, 5) is 33.5. The highest BCUT2D eigenvalue weighted by molar-refractivity contribution is 5.84. The maximum absolute atomic E-state index is 11.7. The number of carbonyl (C=O) groups is 3. The Bertz CT molecular complexity index is 290. The summed E-state index contributed by atoms with van der Waals surface area (Å²) in [5.41, 5.74) is 0. The lowest BCUT2D eigenvalue weighted by molar-refractivity contribution is -0.140. The minimum Gasteiger partial charge on any atom is -0.480 e. The molecule has 0 aromatic rings. The third kappa shape index (κ3) is 7.48. The summed E-state index contributed by atoms with van der Waals surface area (Å²) < 4.78 is 0. The maximum atomic E-state index is 11.7. The van der Waals surface area contributed by atoms with Crippen LogP contribution in [0.25, 0.3) is 0 Å². The fraction of sp³-hybridized carbons (Fsp3) is 0.727. The Balaban J connectivity index is 4.35.